The van der Waals surface area contributed by atoms with Crippen molar-refractivity contribution in [1.82, 2.24) is 15.6 Å². The third-order valence-corrected chi connectivity index (χ3v) is 4.89. The second kappa shape index (κ2) is 12.4. The molecule has 2 heterocycles. The van der Waals surface area contributed by atoms with Gasteiger partial charge < -0.3 is 10.6 Å². The van der Waals surface area contributed by atoms with Crippen LogP contribution in [0.5, 0.6) is 0 Å². The molecule has 0 spiro atoms. The maximum absolute atomic E-state index is 12.2. The van der Waals surface area contributed by atoms with E-state index in [2.05, 4.69) is 15.6 Å². The molecule has 0 unspecified atom stereocenters. The van der Waals surface area contributed by atoms with Crippen molar-refractivity contribution >= 4 is 11.8 Å². The molecule has 0 aromatic carbocycles. The highest BCUT2D eigenvalue weighted by Crippen LogP contribution is 2.12. The molecule has 26 heavy (non-hydrogen) atoms. The number of fused-ring (bicyclic) bond motifs is 2. The van der Waals surface area contributed by atoms with Gasteiger partial charge in [0.05, 0.1) is 0 Å². The molecule has 1 aromatic rings. The van der Waals surface area contributed by atoms with E-state index in [1.807, 2.05) is 0 Å². The lowest BCUT2D eigenvalue weighted by Crippen LogP contribution is -2.28. The van der Waals surface area contributed by atoms with Gasteiger partial charge in [-0.1, -0.05) is 70.3 Å². The van der Waals surface area contributed by atoms with Gasteiger partial charge >= 0.3 is 0 Å². The van der Waals surface area contributed by atoms with E-state index in [4.69, 9.17) is 0 Å². The minimum atomic E-state index is -0.203. The van der Waals surface area contributed by atoms with Crippen molar-refractivity contribution in [3.05, 3.63) is 29.6 Å². The molecule has 1 aromatic heterocycles. The zero-order valence-electron chi connectivity index (χ0n) is 15.9. The van der Waals surface area contributed by atoms with Crippen LogP contribution < -0.4 is 10.6 Å². The SMILES string of the molecule is O=C1NCCCCCCCCCCCCCCNC(=O)c2cccc1n2. The Morgan fingerprint density at radius 3 is 1.31 bits per heavy atom. The molecule has 0 saturated carbocycles. The Kier molecular flexibility index (Phi) is 9.77. The van der Waals surface area contributed by atoms with Gasteiger partial charge in [-0.05, 0) is 25.0 Å². The number of pyridine rings is 1. The minimum Gasteiger partial charge on any atom is -0.351 e. The molecule has 1 aliphatic rings. The highest BCUT2D eigenvalue weighted by atomic mass is 16.2. The van der Waals surface area contributed by atoms with Crippen molar-refractivity contribution < 1.29 is 9.59 Å². The monoisotopic (exact) mass is 359 g/mol. The van der Waals surface area contributed by atoms with Crippen LogP contribution in [0.2, 0.25) is 0 Å². The van der Waals surface area contributed by atoms with Crippen LogP contribution in [0.15, 0.2) is 18.2 Å². The highest BCUT2D eigenvalue weighted by Gasteiger charge is 2.11. The fourth-order valence-corrected chi connectivity index (χ4v) is 3.29. The van der Waals surface area contributed by atoms with Gasteiger partial charge in [0.15, 0.2) is 0 Å². The average Bonchev–Trinajstić information content (AvgIpc) is 2.66. The first-order valence-corrected chi connectivity index (χ1v) is 10.3. The maximum Gasteiger partial charge on any atom is 0.269 e. The molecular weight excluding hydrogens is 326 g/mol. The zero-order valence-corrected chi connectivity index (χ0v) is 15.9. The average molecular weight is 360 g/mol. The van der Waals surface area contributed by atoms with Crippen molar-refractivity contribution in [2.75, 3.05) is 13.1 Å². The minimum absolute atomic E-state index is 0.203. The number of carbonyl (C=O) groups excluding carboxylic acids is 2. The van der Waals surface area contributed by atoms with E-state index >= 15 is 0 Å². The summed E-state index contributed by atoms with van der Waals surface area (Å²) < 4.78 is 0. The number of aromatic nitrogens is 1. The Labute approximate surface area is 157 Å². The van der Waals surface area contributed by atoms with Crippen LogP contribution in [0.25, 0.3) is 0 Å². The smallest absolute Gasteiger partial charge is 0.269 e. The molecule has 2 N–H and O–H groups in total. The molecule has 0 aliphatic carbocycles. The van der Waals surface area contributed by atoms with Crippen LogP contribution in [-0.2, 0) is 0 Å². The third-order valence-electron chi connectivity index (χ3n) is 4.89. The Balaban J connectivity index is 1.87. The van der Waals surface area contributed by atoms with Gasteiger partial charge in [-0.2, -0.15) is 0 Å². The van der Waals surface area contributed by atoms with E-state index < -0.39 is 0 Å². The zero-order chi connectivity index (χ0) is 18.5. The normalized spacial score (nSPS) is 19.7. The van der Waals surface area contributed by atoms with E-state index in [9.17, 15) is 9.59 Å². The van der Waals surface area contributed by atoms with Crippen LogP contribution in [0, 0.1) is 0 Å². The standard InChI is InChI=1S/C21H33N3O2/c25-20-18-14-13-15-19(24-18)21(26)23-17-12-10-8-6-4-2-1-3-5-7-9-11-16-22-20/h13-15H,1-12,16-17H2,(H,22,25)(H,23,26). The Bertz CT molecular complexity index is 515. The summed E-state index contributed by atoms with van der Waals surface area (Å²) in [5.74, 6) is -0.406. The first-order chi connectivity index (χ1) is 12.8. The summed E-state index contributed by atoms with van der Waals surface area (Å²) >= 11 is 0. The van der Waals surface area contributed by atoms with Crippen LogP contribution in [0.3, 0.4) is 0 Å². The molecule has 0 fully saturated rings. The lowest BCUT2D eigenvalue weighted by atomic mass is 10.1. The number of rotatable bonds is 0. The highest BCUT2D eigenvalue weighted by molar-refractivity contribution is 5.96. The summed E-state index contributed by atoms with van der Waals surface area (Å²) in [5.41, 5.74) is 0.618. The third kappa shape index (κ3) is 7.98. The summed E-state index contributed by atoms with van der Waals surface area (Å²) in [4.78, 5) is 28.6. The Morgan fingerprint density at radius 1 is 0.577 bits per heavy atom. The van der Waals surface area contributed by atoms with E-state index in [1.165, 1.54) is 51.4 Å². The van der Waals surface area contributed by atoms with Gasteiger partial charge in [0, 0.05) is 13.1 Å². The fourth-order valence-electron chi connectivity index (χ4n) is 3.29. The summed E-state index contributed by atoms with van der Waals surface area (Å²) in [6.07, 6.45) is 14.7. The van der Waals surface area contributed by atoms with Gasteiger partial charge in [0.1, 0.15) is 11.4 Å². The second-order valence-electron chi connectivity index (χ2n) is 7.16. The van der Waals surface area contributed by atoms with E-state index in [-0.39, 0.29) is 11.8 Å². The fraction of sp³-hybridized carbons (Fsp3) is 0.667. The van der Waals surface area contributed by atoms with E-state index in [0.717, 1.165) is 25.7 Å². The van der Waals surface area contributed by atoms with E-state index in [0.29, 0.717) is 24.5 Å². The molecule has 5 heteroatoms. The molecule has 144 valence electrons. The van der Waals surface area contributed by atoms with Crippen molar-refractivity contribution in [2.45, 2.75) is 77.0 Å². The molecule has 0 radical (unpaired) electrons. The number of nitrogens with one attached hydrogen (secondary N) is 2. The first-order valence-electron chi connectivity index (χ1n) is 10.3. The molecule has 2 bridgehead atoms. The molecular formula is C21H33N3O2. The molecule has 0 atom stereocenters. The summed E-state index contributed by atoms with van der Waals surface area (Å²) in [7, 11) is 0. The van der Waals surface area contributed by atoms with Gasteiger partial charge in [0.25, 0.3) is 11.8 Å². The van der Waals surface area contributed by atoms with E-state index in [1.54, 1.807) is 18.2 Å². The number of hydrogen-bond acceptors (Lipinski definition) is 3. The van der Waals surface area contributed by atoms with Crippen molar-refractivity contribution in [2.24, 2.45) is 0 Å². The van der Waals surface area contributed by atoms with Crippen LogP contribution in [-0.4, -0.2) is 29.9 Å². The Morgan fingerprint density at radius 2 is 0.923 bits per heavy atom. The lowest BCUT2D eigenvalue weighted by Gasteiger charge is -2.07. The van der Waals surface area contributed by atoms with Crippen LogP contribution >= 0.6 is 0 Å². The number of hydrogen-bond donors (Lipinski definition) is 2. The van der Waals surface area contributed by atoms with Crippen molar-refractivity contribution in [3.63, 3.8) is 0 Å². The number of nitrogens with zero attached hydrogens (tertiary/aromatic N) is 1. The van der Waals surface area contributed by atoms with Crippen molar-refractivity contribution in [1.29, 1.82) is 0 Å². The van der Waals surface area contributed by atoms with Gasteiger partial charge in [0.2, 0.25) is 0 Å². The molecule has 5 nitrogen and oxygen atoms in total. The van der Waals surface area contributed by atoms with Gasteiger partial charge in [-0.3, -0.25) is 9.59 Å². The summed E-state index contributed by atoms with van der Waals surface area (Å²) in [6, 6.07) is 5.02. The number of carbonyl (C=O) groups is 2. The molecule has 2 amide bonds. The maximum atomic E-state index is 12.2. The van der Waals surface area contributed by atoms with Gasteiger partial charge in [-0.15, -0.1) is 0 Å². The van der Waals surface area contributed by atoms with Crippen LogP contribution in [0.1, 0.15) is 98.0 Å². The number of amides is 2. The van der Waals surface area contributed by atoms with Crippen molar-refractivity contribution in [3.8, 4) is 0 Å². The first kappa shape index (κ1) is 20.4. The summed E-state index contributed by atoms with van der Waals surface area (Å²) in [6.45, 7) is 1.33. The predicted molar refractivity (Wildman–Crippen MR) is 104 cm³/mol. The topological polar surface area (TPSA) is 71.1 Å². The predicted octanol–water partition coefficient (Wildman–Crippen LogP) is 4.24. The molecule has 1 aliphatic heterocycles. The quantitative estimate of drug-likeness (QED) is 0.728. The Hall–Kier alpha value is -1.91. The largest absolute Gasteiger partial charge is 0.351 e. The van der Waals surface area contributed by atoms with Gasteiger partial charge in [-0.25, -0.2) is 4.98 Å². The molecule has 0 saturated heterocycles. The van der Waals surface area contributed by atoms with Crippen LogP contribution in [0.4, 0.5) is 0 Å². The second-order valence-corrected chi connectivity index (χ2v) is 7.16. The molecule has 2 rings (SSSR count). The summed E-state index contributed by atoms with van der Waals surface area (Å²) in [5, 5.41) is 5.81. The lowest BCUT2D eigenvalue weighted by molar-refractivity contribution is 0.0943.